The Morgan fingerprint density at radius 2 is 1.79 bits per heavy atom. The third kappa shape index (κ3) is 3.73. The van der Waals surface area contributed by atoms with Gasteiger partial charge in [-0.05, 0) is 5.56 Å². The summed E-state index contributed by atoms with van der Waals surface area (Å²) in [5.41, 5.74) is 1.19. The first-order chi connectivity index (χ1) is 6.86. The minimum atomic E-state index is -0.144. The summed E-state index contributed by atoms with van der Waals surface area (Å²) >= 11 is 0. The Bertz CT molecular complexity index is 263. The summed E-state index contributed by atoms with van der Waals surface area (Å²) in [5.74, 6) is 0. The molecule has 0 atom stereocenters. The third-order valence-corrected chi connectivity index (χ3v) is 1.96. The summed E-state index contributed by atoms with van der Waals surface area (Å²) in [6.45, 7) is 0. The van der Waals surface area contributed by atoms with Crippen molar-refractivity contribution in [3.8, 4) is 0 Å². The fourth-order valence-corrected chi connectivity index (χ4v) is 1.17. The van der Waals surface area contributed by atoms with Crippen LogP contribution in [0.2, 0.25) is 0 Å². The van der Waals surface area contributed by atoms with E-state index in [0.717, 1.165) is 6.42 Å². The normalized spacial score (nSPS) is 11.4. The van der Waals surface area contributed by atoms with Crippen molar-refractivity contribution >= 4 is 6.08 Å². The Balaban J connectivity index is 2.41. The molecule has 0 aliphatic heterocycles. The van der Waals surface area contributed by atoms with E-state index in [0.29, 0.717) is 0 Å². The molecule has 0 aliphatic rings. The van der Waals surface area contributed by atoms with Crippen molar-refractivity contribution < 1.29 is 9.47 Å². The van der Waals surface area contributed by atoms with Crippen LogP contribution in [0.25, 0.3) is 6.08 Å². The second-order valence-corrected chi connectivity index (χ2v) is 2.95. The summed E-state index contributed by atoms with van der Waals surface area (Å²) in [5, 5.41) is 0. The molecule has 0 unspecified atom stereocenters. The van der Waals surface area contributed by atoms with Crippen molar-refractivity contribution in [3.63, 3.8) is 0 Å². The number of hydrogen-bond acceptors (Lipinski definition) is 2. The van der Waals surface area contributed by atoms with E-state index in [1.165, 1.54) is 5.56 Å². The van der Waals surface area contributed by atoms with Gasteiger partial charge in [-0.2, -0.15) is 0 Å². The standard InChI is InChI=1S/C12H16O2/c1-13-12(14-2)10-6-9-11-7-4-3-5-8-11/h3-9,12H,10H2,1-2H3/b9-6+. The van der Waals surface area contributed by atoms with E-state index in [4.69, 9.17) is 9.47 Å². The van der Waals surface area contributed by atoms with Gasteiger partial charge in [-0.3, -0.25) is 0 Å². The van der Waals surface area contributed by atoms with Gasteiger partial charge in [-0.15, -0.1) is 0 Å². The summed E-state index contributed by atoms with van der Waals surface area (Å²) < 4.78 is 10.1. The van der Waals surface area contributed by atoms with E-state index < -0.39 is 0 Å². The lowest BCUT2D eigenvalue weighted by Gasteiger charge is -2.09. The molecule has 1 rings (SSSR count). The molecule has 2 heteroatoms. The van der Waals surface area contributed by atoms with Gasteiger partial charge >= 0.3 is 0 Å². The molecule has 76 valence electrons. The highest BCUT2D eigenvalue weighted by atomic mass is 16.7. The molecule has 0 fully saturated rings. The monoisotopic (exact) mass is 192 g/mol. The molecule has 0 saturated heterocycles. The van der Waals surface area contributed by atoms with Gasteiger partial charge in [-0.25, -0.2) is 0 Å². The van der Waals surface area contributed by atoms with Gasteiger partial charge in [-0.1, -0.05) is 42.5 Å². The molecule has 0 aromatic heterocycles. The highest BCUT2D eigenvalue weighted by Crippen LogP contribution is 2.04. The quantitative estimate of drug-likeness (QED) is 0.668. The Labute approximate surface area is 85.2 Å². The lowest BCUT2D eigenvalue weighted by Crippen LogP contribution is -2.10. The summed E-state index contributed by atoms with van der Waals surface area (Å²) in [7, 11) is 3.29. The molecule has 0 spiro atoms. The SMILES string of the molecule is COC(C/C=C/c1ccccc1)OC. The topological polar surface area (TPSA) is 18.5 Å². The third-order valence-electron chi connectivity index (χ3n) is 1.96. The minimum Gasteiger partial charge on any atom is -0.356 e. The molecule has 0 heterocycles. The van der Waals surface area contributed by atoms with Crippen LogP contribution in [0.5, 0.6) is 0 Å². The Morgan fingerprint density at radius 1 is 1.14 bits per heavy atom. The lowest BCUT2D eigenvalue weighted by atomic mass is 10.2. The van der Waals surface area contributed by atoms with Gasteiger partial charge in [0, 0.05) is 20.6 Å². The average molecular weight is 192 g/mol. The maximum absolute atomic E-state index is 5.06. The lowest BCUT2D eigenvalue weighted by molar-refractivity contribution is -0.0985. The van der Waals surface area contributed by atoms with E-state index in [1.54, 1.807) is 14.2 Å². The molecule has 0 radical (unpaired) electrons. The fraction of sp³-hybridized carbons (Fsp3) is 0.333. The first kappa shape index (κ1) is 11.0. The van der Waals surface area contributed by atoms with Crippen molar-refractivity contribution in [1.82, 2.24) is 0 Å². The van der Waals surface area contributed by atoms with Crippen molar-refractivity contribution in [1.29, 1.82) is 0 Å². The second-order valence-electron chi connectivity index (χ2n) is 2.95. The maximum Gasteiger partial charge on any atom is 0.160 e. The van der Waals surface area contributed by atoms with Crippen molar-refractivity contribution in [3.05, 3.63) is 42.0 Å². The van der Waals surface area contributed by atoms with Gasteiger partial charge in [0.15, 0.2) is 6.29 Å². The van der Waals surface area contributed by atoms with E-state index in [1.807, 2.05) is 24.3 Å². The van der Waals surface area contributed by atoms with Crippen LogP contribution in [0.1, 0.15) is 12.0 Å². The number of ether oxygens (including phenoxy) is 2. The zero-order valence-corrected chi connectivity index (χ0v) is 8.64. The van der Waals surface area contributed by atoms with E-state index in [-0.39, 0.29) is 6.29 Å². The molecular weight excluding hydrogens is 176 g/mol. The molecule has 0 bridgehead atoms. The smallest absolute Gasteiger partial charge is 0.160 e. The van der Waals surface area contributed by atoms with Crippen LogP contribution in [-0.2, 0) is 9.47 Å². The van der Waals surface area contributed by atoms with Crippen molar-refractivity contribution in [2.24, 2.45) is 0 Å². The predicted molar refractivity (Wildman–Crippen MR) is 57.9 cm³/mol. The molecule has 1 aromatic rings. The predicted octanol–water partition coefficient (Wildman–Crippen LogP) is 2.71. The molecular formula is C12H16O2. The van der Waals surface area contributed by atoms with Gasteiger partial charge in [0.1, 0.15) is 0 Å². The number of rotatable bonds is 5. The second kappa shape index (κ2) is 6.35. The molecule has 0 amide bonds. The number of benzene rings is 1. The first-order valence-corrected chi connectivity index (χ1v) is 4.64. The Morgan fingerprint density at radius 3 is 2.36 bits per heavy atom. The summed E-state index contributed by atoms with van der Waals surface area (Å²) in [6, 6.07) is 10.2. The van der Waals surface area contributed by atoms with Crippen molar-refractivity contribution in [2.75, 3.05) is 14.2 Å². The van der Waals surface area contributed by atoms with Gasteiger partial charge in [0.25, 0.3) is 0 Å². The van der Waals surface area contributed by atoms with Gasteiger partial charge < -0.3 is 9.47 Å². The molecule has 14 heavy (non-hydrogen) atoms. The Kier molecular flexibility index (Phi) is 4.97. The summed E-state index contributed by atoms with van der Waals surface area (Å²) in [6.07, 6.45) is 4.73. The van der Waals surface area contributed by atoms with Crippen LogP contribution in [0.4, 0.5) is 0 Å². The van der Waals surface area contributed by atoms with Crippen LogP contribution in [0.3, 0.4) is 0 Å². The molecule has 0 N–H and O–H groups in total. The number of hydrogen-bond donors (Lipinski definition) is 0. The number of methoxy groups -OCH3 is 2. The minimum absolute atomic E-state index is 0.144. The average Bonchev–Trinajstić information content (AvgIpc) is 2.26. The van der Waals surface area contributed by atoms with Crippen molar-refractivity contribution in [2.45, 2.75) is 12.7 Å². The van der Waals surface area contributed by atoms with E-state index >= 15 is 0 Å². The van der Waals surface area contributed by atoms with Crippen LogP contribution >= 0.6 is 0 Å². The summed E-state index contributed by atoms with van der Waals surface area (Å²) in [4.78, 5) is 0. The molecule has 1 aromatic carbocycles. The van der Waals surface area contributed by atoms with Crippen LogP contribution < -0.4 is 0 Å². The highest BCUT2D eigenvalue weighted by molar-refractivity contribution is 5.48. The van der Waals surface area contributed by atoms with E-state index in [9.17, 15) is 0 Å². The highest BCUT2D eigenvalue weighted by Gasteiger charge is 1.99. The Hall–Kier alpha value is -1.12. The zero-order valence-electron chi connectivity index (χ0n) is 8.64. The zero-order chi connectivity index (χ0) is 10.2. The fourth-order valence-electron chi connectivity index (χ4n) is 1.17. The molecule has 2 nitrogen and oxygen atoms in total. The molecule has 0 saturated carbocycles. The van der Waals surface area contributed by atoms with Gasteiger partial charge in [0.2, 0.25) is 0 Å². The first-order valence-electron chi connectivity index (χ1n) is 4.64. The van der Waals surface area contributed by atoms with Gasteiger partial charge in [0.05, 0.1) is 0 Å². The van der Waals surface area contributed by atoms with Crippen LogP contribution in [0.15, 0.2) is 36.4 Å². The van der Waals surface area contributed by atoms with Crippen LogP contribution in [0, 0.1) is 0 Å². The maximum atomic E-state index is 5.06. The molecule has 0 aliphatic carbocycles. The largest absolute Gasteiger partial charge is 0.356 e. The van der Waals surface area contributed by atoms with Crippen LogP contribution in [-0.4, -0.2) is 20.5 Å². The van der Waals surface area contributed by atoms with E-state index in [2.05, 4.69) is 18.2 Å².